The number of esters is 2. The van der Waals surface area contributed by atoms with Crippen LogP contribution in [-0.4, -0.2) is 59.6 Å². The van der Waals surface area contributed by atoms with E-state index in [0.717, 1.165) is 5.56 Å². The summed E-state index contributed by atoms with van der Waals surface area (Å²) < 4.78 is 15.4. The summed E-state index contributed by atoms with van der Waals surface area (Å²) >= 11 is 1.40. The van der Waals surface area contributed by atoms with Crippen molar-refractivity contribution in [2.75, 3.05) is 24.9 Å². The smallest absolute Gasteiger partial charge is 0.414 e. The second-order valence-electron chi connectivity index (χ2n) is 10.6. The lowest BCUT2D eigenvalue weighted by Gasteiger charge is -2.29. The van der Waals surface area contributed by atoms with Crippen LogP contribution in [0.25, 0.3) is 0 Å². The second kappa shape index (κ2) is 13.1. The van der Waals surface area contributed by atoms with Crippen LogP contribution in [0.2, 0.25) is 0 Å². The largest absolute Gasteiger partial charge is 0.460 e. The molecule has 0 bridgehead atoms. The maximum atomic E-state index is 12.4. The summed E-state index contributed by atoms with van der Waals surface area (Å²) in [5, 5.41) is 2.26. The first-order chi connectivity index (χ1) is 18.0. The quantitative estimate of drug-likeness (QED) is 0.275. The maximum Gasteiger partial charge on any atom is 0.414 e. The number of thioether (sulfide) groups is 1. The third-order valence-electron chi connectivity index (χ3n) is 6.68. The van der Waals surface area contributed by atoms with Gasteiger partial charge in [-0.25, -0.2) is 4.79 Å². The molecule has 2 aliphatic rings. The van der Waals surface area contributed by atoms with Crippen LogP contribution >= 0.6 is 11.8 Å². The second-order valence-corrected chi connectivity index (χ2v) is 11.7. The number of anilines is 1. The minimum absolute atomic E-state index is 0.114. The molecule has 11 heteroatoms. The topological polar surface area (TPSA) is 128 Å². The molecule has 2 fully saturated rings. The standard InChI is InChI=1S/C27H36N2O8S/c1-27(2,3)25(33)35-15-18-7-11-20(12-8-18)28-26(34)37-16-36-24(32)19-9-5-17(6-10-19)14-29-22(30)13-21(38-4)23(29)31/h7-8,11-12,17,19,21H,5-6,9-10,13-16H2,1-4H3,(H,28,34). The van der Waals surface area contributed by atoms with E-state index < -0.39 is 24.3 Å². The van der Waals surface area contributed by atoms with Crippen LogP contribution in [0.1, 0.15) is 58.4 Å². The van der Waals surface area contributed by atoms with Crippen LogP contribution in [0.15, 0.2) is 24.3 Å². The number of nitrogens with one attached hydrogen (secondary N) is 1. The van der Waals surface area contributed by atoms with E-state index in [1.165, 1.54) is 16.7 Å². The minimum atomic E-state index is -0.767. The maximum absolute atomic E-state index is 12.4. The van der Waals surface area contributed by atoms with E-state index in [1.54, 1.807) is 45.0 Å². The third-order valence-corrected chi connectivity index (χ3v) is 7.62. The molecule has 1 heterocycles. The molecule has 0 radical (unpaired) electrons. The zero-order valence-corrected chi connectivity index (χ0v) is 23.1. The Labute approximate surface area is 227 Å². The number of benzene rings is 1. The van der Waals surface area contributed by atoms with Gasteiger partial charge in [-0.2, -0.15) is 11.8 Å². The molecule has 1 unspecified atom stereocenters. The third kappa shape index (κ3) is 8.21. The Kier molecular flexibility index (Phi) is 10.2. The molecular formula is C27H36N2O8S. The average molecular weight is 549 g/mol. The van der Waals surface area contributed by atoms with Gasteiger partial charge in [0.05, 0.1) is 16.6 Å². The van der Waals surface area contributed by atoms with Gasteiger partial charge in [0.2, 0.25) is 18.6 Å². The van der Waals surface area contributed by atoms with E-state index in [-0.39, 0.29) is 47.9 Å². The first-order valence-corrected chi connectivity index (χ1v) is 14.0. The molecule has 1 atom stereocenters. The van der Waals surface area contributed by atoms with Crippen LogP contribution in [0.4, 0.5) is 10.5 Å². The molecule has 1 aliphatic heterocycles. The van der Waals surface area contributed by atoms with Crippen molar-refractivity contribution in [2.45, 2.75) is 64.7 Å². The van der Waals surface area contributed by atoms with Crippen molar-refractivity contribution in [1.29, 1.82) is 0 Å². The Morgan fingerprint density at radius 3 is 2.24 bits per heavy atom. The number of imide groups is 1. The van der Waals surface area contributed by atoms with E-state index in [4.69, 9.17) is 14.2 Å². The summed E-state index contributed by atoms with van der Waals surface area (Å²) in [4.78, 5) is 62.1. The summed E-state index contributed by atoms with van der Waals surface area (Å²) in [5.41, 5.74) is 0.667. The lowest BCUT2D eigenvalue weighted by atomic mass is 9.82. The first-order valence-electron chi connectivity index (χ1n) is 12.7. The first kappa shape index (κ1) is 29.5. The number of carbonyl (C=O) groups is 5. The summed E-state index contributed by atoms with van der Waals surface area (Å²) in [5.74, 6) is -1.10. The summed E-state index contributed by atoms with van der Waals surface area (Å²) in [6, 6.07) is 6.74. The number of amides is 3. The number of likely N-dealkylation sites (tertiary alicyclic amines) is 1. The molecular weight excluding hydrogens is 512 g/mol. The SMILES string of the molecule is CSC1CC(=O)N(CC2CCC(C(=O)OCOC(=O)Nc3ccc(COC(=O)C(C)(C)C)cc3)CC2)C1=O. The highest BCUT2D eigenvalue weighted by Crippen LogP contribution is 2.32. The molecule has 1 aromatic carbocycles. The monoisotopic (exact) mass is 548 g/mol. The van der Waals surface area contributed by atoms with Gasteiger partial charge in [-0.15, -0.1) is 0 Å². The van der Waals surface area contributed by atoms with Gasteiger partial charge in [-0.05, 0) is 76.3 Å². The normalized spacial score (nSPS) is 21.7. The lowest BCUT2D eigenvalue weighted by Crippen LogP contribution is -2.37. The van der Waals surface area contributed by atoms with Crippen LogP contribution in [-0.2, 0) is 40.0 Å². The number of nitrogens with zero attached hydrogens (tertiary/aromatic N) is 1. The van der Waals surface area contributed by atoms with Gasteiger partial charge in [-0.1, -0.05) is 12.1 Å². The molecule has 1 saturated carbocycles. The van der Waals surface area contributed by atoms with Crippen molar-refractivity contribution in [1.82, 2.24) is 4.90 Å². The Hall–Kier alpha value is -3.08. The van der Waals surface area contributed by atoms with Crippen molar-refractivity contribution in [3.05, 3.63) is 29.8 Å². The Morgan fingerprint density at radius 1 is 1.00 bits per heavy atom. The number of hydrogen-bond donors (Lipinski definition) is 1. The van der Waals surface area contributed by atoms with Crippen molar-refractivity contribution in [2.24, 2.45) is 17.3 Å². The molecule has 1 aliphatic carbocycles. The van der Waals surface area contributed by atoms with Crippen LogP contribution in [0.5, 0.6) is 0 Å². The molecule has 1 N–H and O–H groups in total. The molecule has 38 heavy (non-hydrogen) atoms. The number of ether oxygens (including phenoxy) is 3. The van der Waals surface area contributed by atoms with Gasteiger partial charge in [-0.3, -0.25) is 29.4 Å². The molecule has 3 amide bonds. The van der Waals surface area contributed by atoms with Gasteiger partial charge in [0.15, 0.2) is 0 Å². The molecule has 208 valence electrons. The molecule has 0 spiro atoms. The highest BCUT2D eigenvalue weighted by Gasteiger charge is 2.39. The fourth-order valence-electron chi connectivity index (χ4n) is 4.33. The van der Waals surface area contributed by atoms with E-state index >= 15 is 0 Å². The minimum Gasteiger partial charge on any atom is -0.460 e. The molecule has 3 rings (SSSR count). The van der Waals surface area contributed by atoms with E-state index in [2.05, 4.69) is 5.32 Å². The van der Waals surface area contributed by atoms with Crippen molar-refractivity contribution in [3.63, 3.8) is 0 Å². The molecule has 1 aromatic rings. The van der Waals surface area contributed by atoms with Gasteiger partial charge in [0, 0.05) is 18.7 Å². The molecule has 1 saturated heterocycles. The zero-order chi connectivity index (χ0) is 27.9. The predicted molar refractivity (Wildman–Crippen MR) is 141 cm³/mol. The number of hydrogen-bond acceptors (Lipinski definition) is 9. The van der Waals surface area contributed by atoms with E-state index in [1.807, 2.05) is 6.26 Å². The average Bonchev–Trinajstić information content (AvgIpc) is 3.15. The zero-order valence-electron chi connectivity index (χ0n) is 22.3. The van der Waals surface area contributed by atoms with Gasteiger partial charge >= 0.3 is 18.0 Å². The predicted octanol–water partition coefficient (Wildman–Crippen LogP) is 4.12. The summed E-state index contributed by atoms with van der Waals surface area (Å²) in [6.45, 7) is 5.37. The highest BCUT2D eigenvalue weighted by molar-refractivity contribution is 8.00. The molecule has 10 nitrogen and oxygen atoms in total. The van der Waals surface area contributed by atoms with E-state index in [9.17, 15) is 24.0 Å². The molecule has 0 aromatic heterocycles. The van der Waals surface area contributed by atoms with Gasteiger partial charge < -0.3 is 14.2 Å². The van der Waals surface area contributed by atoms with Gasteiger partial charge in [0.25, 0.3) is 0 Å². The Bertz CT molecular complexity index is 1030. The van der Waals surface area contributed by atoms with Gasteiger partial charge in [0.1, 0.15) is 6.61 Å². The summed E-state index contributed by atoms with van der Waals surface area (Å²) in [6.07, 6.45) is 3.94. The Balaban J connectivity index is 1.32. The fraction of sp³-hybridized carbons (Fsp3) is 0.593. The van der Waals surface area contributed by atoms with E-state index in [0.29, 0.717) is 37.9 Å². The summed E-state index contributed by atoms with van der Waals surface area (Å²) in [7, 11) is 0. The van der Waals surface area contributed by atoms with Crippen molar-refractivity contribution >= 4 is 47.3 Å². The number of rotatable bonds is 9. The Morgan fingerprint density at radius 2 is 1.66 bits per heavy atom. The number of carbonyl (C=O) groups excluding carboxylic acids is 5. The van der Waals surface area contributed by atoms with Crippen LogP contribution < -0.4 is 5.32 Å². The van der Waals surface area contributed by atoms with Crippen molar-refractivity contribution in [3.8, 4) is 0 Å². The van der Waals surface area contributed by atoms with Crippen molar-refractivity contribution < 1.29 is 38.2 Å². The fourth-order valence-corrected chi connectivity index (χ4v) is 4.97. The highest BCUT2D eigenvalue weighted by atomic mass is 32.2. The lowest BCUT2D eigenvalue weighted by molar-refractivity contribution is -0.158. The van der Waals surface area contributed by atoms with Crippen LogP contribution in [0, 0.1) is 17.3 Å². The van der Waals surface area contributed by atoms with Crippen LogP contribution in [0.3, 0.4) is 0 Å².